The van der Waals surface area contributed by atoms with E-state index in [1.807, 2.05) is 0 Å². The molecule has 2 saturated heterocycles. The minimum Gasteiger partial charge on any atom is -0.489 e. The molecule has 3 aliphatic rings. The molecule has 2 aromatic rings. The first kappa shape index (κ1) is 22.0. The zero-order valence-corrected chi connectivity index (χ0v) is 19.4. The van der Waals surface area contributed by atoms with Crippen molar-refractivity contribution in [3.05, 3.63) is 39.5 Å². The number of amides is 3. The van der Waals surface area contributed by atoms with Gasteiger partial charge in [0.1, 0.15) is 24.5 Å². The number of piperidine rings is 1. The van der Waals surface area contributed by atoms with Gasteiger partial charge in [-0.1, -0.05) is 11.6 Å². The number of rotatable bonds is 5. The molecule has 11 heteroatoms. The normalized spacial score (nSPS) is 24.1. The number of hydrogen-bond donors (Lipinski definition) is 1. The van der Waals surface area contributed by atoms with Gasteiger partial charge in [0.25, 0.3) is 5.91 Å². The van der Waals surface area contributed by atoms with Crippen LogP contribution in [0.25, 0.3) is 0 Å². The SMILES string of the molecule is CO[C@H]1CCN(c2ccc3c(c2)OC[C@H]2[C@H](CNC(=O)c4ccc(Cl)s4)OC(=O)N32)C(=O)C1. The van der Waals surface area contributed by atoms with Gasteiger partial charge in [0.2, 0.25) is 5.91 Å². The van der Waals surface area contributed by atoms with Crippen LogP contribution in [0, 0.1) is 0 Å². The second kappa shape index (κ2) is 8.85. The van der Waals surface area contributed by atoms with Gasteiger partial charge in [0.15, 0.2) is 0 Å². The molecule has 4 heterocycles. The van der Waals surface area contributed by atoms with Gasteiger partial charge in [0.05, 0.1) is 34.0 Å². The Hall–Kier alpha value is -2.82. The lowest BCUT2D eigenvalue weighted by Gasteiger charge is -2.34. The summed E-state index contributed by atoms with van der Waals surface area (Å²) in [6.07, 6.45) is -0.0182. The number of fused-ring (bicyclic) bond motifs is 3. The molecule has 174 valence electrons. The molecule has 9 nitrogen and oxygen atoms in total. The molecule has 1 aromatic carbocycles. The number of thiophene rings is 1. The number of carbonyl (C=O) groups is 3. The predicted octanol–water partition coefficient (Wildman–Crippen LogP) is 3.06. The maximum absolute atomic E-state index is 12.6. The number of nitrogens with zero attached hydrogens (tertiary/aromatic N) is 2. The third-order valence-electron chi connectivity index (χ3n) is 6.11. The molecule has 0 unspecified atom stereocenters. The summed E-state index contributed by atoms with van der Waals surface area (Å²) in [5, 5.41) is 2.80. The van der Waals surface area contributed by atoms with Gasteiger partial charge in [-0.2, -0.15) is 0 Å². The number of nitrogens with one attached hydrogen (secondary N) is 1. The zero-order valence-electron chi connectivity index (χ0n) is 17.8. The van der Waals surface area contributed by atoms with Crippen molar-refractivity contribution in [1.29, 1.82) is 0 Å². The lowest BCUT2D eigenvalue weighted by Crippen LogP contribution is -2.48. The van der Waals surface area contributed by atoms with Gasteiger partial charge >= 0.3 is 6.09 Å². The van der Waals surface area contributed by atoms with Crippen molar-refractivity contribution in [3.8, 4) is 5.75 Å². The Morgan fingerprint density at radius 1 is 1.30 bits per heavy atom. The lowest BCUT2D eigenvalue weighted by molar-refractivity contribution is -0.122. The number of cyclic esters (lactones) is 1. The minimum absolute atomic E-state index is 0.00912. The maximum atomic E-state index is 12.6. The number of anilines is 2. The fourth-order valence-corrected chi connectivity index (χ4v) is 5.32. The Balaban J connectivity index is 1.28. The molecule has 0 radical (unpaired) electrons. The zero-order chi connectivity index (χ0) is 23.1. The monoisotopic (exact) mass is 491 g/mol. The molecule has 3 aliphatic heterocycles. The molecule has 2 fully saturated rings. The first-order chi connectivity index (χ1) is 15.9. The first-order valence-corrected chi connectivity index (χ1v) is 11.8. The van der Waals surface area contributed by atoms with Gasteiger partial charge in [-0.25, -0.2) is 4.79 Å². The molecular weight excluding hydrogens is 470 g/mol. The van der Waals surface area contributed by atoms with Crippen LogP contribution in [0.15, 0.2) is 30.3 Å². The maximum Gasteiger partial charge on any atom is 0.415 e. The molecule has 3 amide bonds. The molecule has 1 aromatic heterocycles. The van der Waals surface area contributed by atoms with E-state index in [-0.39, 0.29) is 37.1 Å². The van der Waals surface area contributed by atoms with Crippen LogP contribution in [0.4, 0.5) is 16.2 Å². The lowest BCUT2D eigenvalue weighted by atomic mass is 10.0. The van der Waals surface area contributed by atoms with Crippen LogP contribution in [0.3, 0.4) is 0 Å². The van der Waals surface area contributed by atoms with Gasteiger partial charge in [-0.15, -0.1) is 11.3 Å². The van der Waals surface area contributed by atoms with E-state index in [2.05, 4.69) is 5.32 Å². The van der Waals surface area contributed by atoms with Crippen LogP contribution in [-0.2, 0) is 14.3 Å². The topological polar surface area (TPSA) is 97.4 Å². The third-order valence-corrected chi connectivity index (χ3v) is 7.34. The van der Waals surface area contributed by atoms with E-state index in [4.69, 9.17) is 25.8 Å². The van der Waals surface area contributed by atoms with E-state index in [9.17, 15) is 14.4 Å². The Labute approximate surface area is 199 Å². The molecule has 0 bridgehead atoms. The quantitative estimate of drug-likeness (QED) is 0.690. The summed E-state index contributed by atoms with van der Waals surface area (Å²) in [5.74, 6) is 0.232. The Morgan fingerprint density at radius 3 is 2.88 bits per heavy atom. The number of carbonyl (C=O) groups excluding carboxylic acids is 3. The second-order valence-corrected chi connectivity index (χ2v) is 9.75. The van der Waals surface area contributed by atoms with Crippen molar-refractivity contribution in [2.45, 2.75) is 31.1 Å². The first-order valence-electron chi connectivity index (χ1n) is 10.6. The largest absolute Gasteiger partial charge is 0.489 e. The van der Waals surface area contributed by atoms with E-state index < -0.39 is 12.2 Å². The highest BCUT2D eigenvalue weighted by atomic mass is 35.5. The molecular formula is C22H22ClN3O6S. The predicted molar refractivity (Wildman–Crippen MR) is 123 cm³/mol. The van der Waals surface area contributed by atoms with E-state index in [1.165, 1.54) is 11.3 Å². The Bertz CT molecular complexity index is 1110. The number of hydrogen-bond acceptors (Lipinski definition) is 7. The van der Waals surface area contributed by atoms with Gasteiger partial charge < -0.3 is 24.4 Å². The Kier molecular flexibility index (Phi) is 5.90. The summed E-state index contributed by atoms with van der Waals surface area (Å²) in [5.41, 5.74) is 1.30. The van der Waals surface area contributed by atoms with Crippen molar-refractivity contribution < 1.29 is 28.6 Å². The number of ether oxygens (including phenoxy) is 3. The second-order valence-electron chi connectivity index (χ2n) is 8.03. The smallest absolute Gasteiger partial charge is 0.415 e. The summed E-state index contributed by atoms with van der Waals surface area (Å²) < 4.78 is 17.3. The third kappa shape index (κ3) is 4.14. The standard InChI is InChI=1S/C22H22ClN3O6S/c1-30-13-6-7-25(20(27)9-13)12-2-3-14-16(8-12)31-11-15-17(32-22(29)26(14)15)10-24-21(28)18-4-5-19(23)33-18/h2-5,8,13,15,17H,6-7,9-11H2,1H3,(H,24,28)/t13-,15-,17-/m0/s1. The van der Waals surface area contributed by atoms with Crippen molar-refractivity contribution in [2.24, 2.45) is 0 Å². The van der Waals surface area contributed by atoms with Crippen LogP contribution in [0.5, 0.6) is 5.75 Å². The van der Waals surface area contributed by atoms with Crippen LogP contribution in [-0.4, -0.2) is 63.0 Å². The van der Waals surface area contributed by atoms with Crippen LogP contribution in [0.2, 0.25) is 4.34 Å². The highest BCUT2D eigenvalue weighted by molar-refractivity contribution is 7.18. The summed E-state index contributed by atoms with van der Waals surface area (Å²) in [7, 11) is 1.61. The van der Waals surface area contributed by atoms with Crippen molar-refractivity contribution in [3.63, 3.8) is 0 Å². The fourth-order valence-electron chi connectivity index (χ4n) is 4.36. The minimum atomic E-state index is -0.556. The molecule has 1 N–H and O–H groups in total. The molecule has 5 rings (SSSR count). The molecule has 33 heavy (non-hydrogen) atoms. The summed E-state index contributed by atoms with van der Waals surface area (Å²) in [4.78, 5) is 41.2. The number of halogens is 1. The summed E-state index contributed by atoms with van der Waals surface area (Å²) in [6.45, 7) is 0.927. The van der Waals surface area contributed by atoms with Crippen LogP contribution >= 0.6 is 22.9 Å². The average Bonchev–Trinajstić information content (AvgIpc) is 3.40. The van der Waals surface area contributed by atoms with Gasteiger partial charge in [0, 0.05) is 25.4 Å². The fraction of sp³-hybridized carbons (Fsp3) is 0.409. The Morgan fingerprint density at radius 2 is 2.15 bits per heavy atom. The molecule has 0 spiro atoms. The molecule has 3 atom stereocenters. The highest BCUT2D eigenvalue weighted by Crippen LogP contribution is 2.41. The number of benzene rings is 1. The van der Waals surface area contributed by atoms with Crippen LogP contribution in [0.1, 0.15) is 22.5 Å². The molecule has 0 saturated carbocycles. The van der Waals surface area contributed by atoms with E-state index in [0.29, 0.717) is 33.6 Å². The van der Waals surface area contributed by atoms with E-state index >= 15 is 0 Å². The van der Waals surface area contributed by atoms with Crippen molar-refractivity contribution >= 4 is 52.2 Å². The highest BCUT2D eigenvalue weighted by Gasteiger charge is 2.46. The summed E-state index contributed by atoms with van der Waals surface area (Å²) in [6, 6.07) is 8.28. The van der Waals surface area contributed by atoms with Crippen LogP contribution < -0.4 is 19.9 Å². The molecule has 0 aliphatic carbocycles. The van der Waals surface area contributed by atoms with Crippen molar-refractivity contribution in [2.75, 3.05) is 36.6 Å². The summed E-state index contributed by atoms with van der Waals surface area (Å²) >= 11 is 7.07. The van der Waals surface area contributed by atoms with Gasteiger partial charge in [-0.05, 0) is 30.7 Å². The average molecular weight is 492 g/mol. The van der Waals surface area contributed by atoms with Gasteiger partial charge in [-0.3, -0.25) is 14.5 Å². The van der Waals surface area contributed by atoms with E-state index in [0.717, 1.165) is 12.1 Å². The van der Waals surface area contributed by atoms with Crippen molar-refractivity contribution in [1.82, 2.24) is 5.32 Å². The van der Waals surface area contributed by atoms with E-state index in [1.54, 1.807) is 47.2 Å². The number of methoxy groups -OCH3 is 1.